The van der Waals surface area contributed by atoms with E-state index in [-0.39, 0.29) is 11.8 Å². The largest absolute Gasteiger partial charge is 0.269 e. The fourth-order valence-corrected chi connectivity index (χ4v) is 2.58. The van der Waals surface area contributed by atoms with Gasteiger partial charge in [-0.1, -0.05) is 26.0 Å². The third-order valence-electron chi connectivity index (χ3n) is 2.28. The lowest BCUT2D eigenvalue weighted by atomic mass is 10.3. The van der Waals surface area contributed by atoms with Crippen molar-refractivity contribution in [2.24, 2.45) is 0 Å². The van der Waals surface area contributed by atoms with Gasteiger partial charge in [-0.15, -0.1) is 11.8 Å². The van der Waals surface area contributed by atoms with Gasteiger partial charge in [0.05, 0.1) is 5.69 Å². The lowest BCUT2D eigenvalue weighted by molar-refractivity contribution is -0.120. The van der Waals surface area contributed by atoms with Crippen molar-refractivity contribution < 1.29 is 9.59 Å². The number of rotatable bonds is 3. The molecule has 17 heavy (non-hydrogen) atoms. The quantitative estimate of drug-likeness (QED) is 0.608. The van der Waals surface area contributed by atoms with Crippen LogP contribution in [0.5, 0.6) is 0 Å². The molecule has 0 unspecified atom stereocenters. The Kier molecular flexibility index (Phi) is 3.33. The molecule has 1 aliphatic rings. The number of hydrogen-bond donors (Lipinski definition) is 0. The Balaban J connectivity index is 2.38. The Morgan fingerprint density at radius 1 is 1.06 bits per heavy atom. The predicted octanol–water partition coefficient (Wildman–Crippen LogP) is 2.62. The minimum absolute atomic E-state index is 0.271. The van der Waals surface area contributed by atoms with Crippen LogP contribution in [0.15, 0.2) is 41.3 Å². The van der Waals surface area contributed by atoms with E-state index >= 15 is 0 Å². The number of thioether (sulfide) groups is 1. The zero-order chi connectivity index (χ0) is 12.4. The predicted molar refractivity (Wildman–Crippen MR) is 69.1 cm³/mol. The van der Waals surface area contributed by atoms with Gasteiger partial charge in [-0.3, -0.25) is 9.59 Å². The number of imide groups is 1. The molecule has 0 fully saturated rings. The number of para-hydroxylation sites is 1. The van der Waals surface area contributed by atoms with Crippen molar-refractivity contribution in [3.8, 4) is 0 Å². The van der Waals surface area contributed by atoms with Gasteiger partial charge in [-0.05, 0) is 12.1 Å². The molecule has 0 bridgehead atoms. The van der Waals surface area contributed by atoms with E-state index in [0.29, 0.717) is 10.9 Å². The Labute approximate surface area is 104 Å². The average Bonchev–Trinajstić information content (AvgIpc) is 2.59. The first-order chi connectivity index (χ1) is 8.09. The van der Waals surface area contributed by atoms with Crippen LogP contribution in [0.4, 0.5) is 5.69 Å². The van der Waals surface area contributed by atoms with Gasteiger partial charge in [0.15, 0.2) is 0 Å². The van der Waals surface area contributed by atoms with Crippen LogP contribution in [0.25, 0.3) is 0 Å². The van der Waals surface area contributed by atoms with E-state index < -0.39 is 0 Å². The molecule has 0 saturated heterocycles. The highest BCUT2D eigenvalue weighted by molar-refractivity contribution is 8.00. The summed E-state index contributed by atoms with van der Waals surface area (Å²) in [5.74, 6) is -0.543. The van der Waals surface area contributed by atoms with E-state index in [4.69, 9.17) is 0 Å². The number of amides is 2. The first-order valence-corrected chi connectivity index (χ1v) is 6.29. The molecule has 0 atom stereocenters. The van der Waals surface area contributed by atoms with Gasteiger partial charge in [0.2, 0.25) is 0 Å². The average molecular weight is 247 g/mol. The Morgan fingerprint density at radius 2 is 1.65 bits per heavy atom. The molecule has 0 aliphatic carbocycles. The van der Waals surface area contributed by atoms with Crippen LogP contribution in [-0.2, 0) is 9.59 Å². The Hall–Kier alpha value is -1.55. The van der Waals surface area contributed by atoms with Crippen molar-refractivity contribution in [2.45, 2.75) is 24.0 Å². The lowest BCUT2D eigenvalue weighted by Gasteiger charge is -2.18. The van der Waals surface area contributed by atoms with Crippen molar-refractivity contribution >= 4 is 29.3 Å². The number of anilines is 1. The summed E-state index contributed by atoms with van der Waals surface area (Å²) < 4.78 is 0. The van der Waals surface area contributed by atoms with Crippen molar-refractivity contribution in [3.05, 3.63) is 36.4 Å². The SMILES string of the molecule is CC(C)Sc1ccccc1N1C(=O)C=CC1=O. The second-order valence-corrected chi connectivity index (χ2v) is 5.60. The second-order valence-electron chi connectivity index (χ2n) is 3.98. The van der Waals surface area contributed by atoms with E-state index in [9.17, 15) is 9.59 Å². The molecule has 1 aliphatic heterocycles. The minimum atomic E-state index is -0.271. The zero-order valence-corrected chi connectivity index (χ0v) is 10.5. The third kappa shape index (κ3) is 2.42. The van der Waals surface area contributed by atoms with E-state index in [0.717, 1.165) is 4.90 Å². The fraction of sp³-hybridized carbons (Fsp3) is 0.231. The molecule has 1 heterocycles. The fourth-order valence-electron chi connectivity index (χ4n) is 1.63. The van der Waals surface area contributed by atoms with Crippen molar-refractivity contribution in [1.82, 2.24) is 0 Å². The molecule has 0 saturated carbocycles. The van der Waals surface area contributed by atoms with Gasteiger partial charge in [0.1, 0.15) is 0 Å². The highest BCUT2D eigenvalue weighted by Gasteiger charge is 2.27. The molecule has 0 N–H and O–H groups in total. The molecule has 4 heteroatoms. The van der Waals surface area contributed by atoms with Crippen molar-refractivity contribution in [1.29, 1.82) is 0 Å². The minimum Gasteiger partial charge on any atom is -0.269 e. The summed E-state index contributed by atoms with van der Waals surface area (Å²) in [7, 11) is 0. The van der Waals surface area contributed by atoms with Gasteiger partial charge in [-0.25, -0.2) is 4.90 Å². The molecule has 3 nitrogen and oxygen atoms in total. The normalized spacial score (nSPS) is 15.1. The number of carbonyl (C=O) groups is 2. The molecule has 1 aromatic carbocycles. The molecule has 2 amide bonds. The zero-order valence-electron chi connectivity index (χ0n) is 9.71. The van der Waals surface area contributed by atoms with Crippen LogP contribution in [0.1, 0.15) is 13.8 Å². The standard InChI is InChI=1S/C13H13NO2S/c1-9(2)17-11-6-4-3-5-10(11)14-12(15)7-8-13(14)16/h3-9H,1-2H3. The number of carbonyl (C=O) groups excluding carboxylic acids is 2. The van der Waals surface area contributed by atoms with Crippen LogP contribution >= 0.6 is 11.8 Å². The van der Waals surface area contributed by atoms with Crippen LogP contribution in [0.3, 0.4) is 0 Å². The summed E-state index contributed by atoms with van der Waals surface area (Å²) in [6.07, 6.45) is 2.61. The number of nitrogens with zero attached hydrogens (tertiary/aromatic N) is 1. The summed E-state index contributed by atoms with van der Waals surface area (Å²) >= 11 is 1.64. The molecular weight excluding hydrogens is 234 g/mol. The molecule has 0 spiro atoms. The lowest BCUT2D eigenvalue weighted by Crippen LogP contribution is -2.30. The van der Waals surface area contributed by atoms with Crippen molar-refractivity contribution in [3.63, 3.8) is 0 Å². The van der Waals surface area contributed by atoms with E-state index in [1.54, 1.807) is 17.8 Å². The molecule has 0 radical (unpaired) electrons. The van der Waals surface area contributed by atoms with Crippen LogP contribution in [0, 0.1) is 0 Å². The summed E-state index contributed by atoms with van der Waals surface area (Å²) in [6, 6.07) is 7.47. The Bertz CT molecular complexity index is 476. The van der Waals surface area contributed by atoms with Gasteiger partial charge in [0, 0.05) is 22.3 Å². The Morgan fingerprint density at radius 3 is 2.24 bits per heavy atom. The molecule has 1 aromatic rings. The topological polar surface area (TPSA) is 37.4 Å². The van der Waals surface area contributed by atoms with E-state index in [1.807, 2.05) is 18.2 Å². The first-order valence-electron chi connectivity index (χ1n) is 5.41. The van der Waals surface area contributed by atoms with Gasteiger partial charge < -0.3 is 0 Å². The van der Waals surface area contributed by atoms with Crippen molar-refractivity contribution in [2.75, 3.05) is 4.90 Å². The van der Waals surface area contributed by atoms with Gasteiger partial charge >= 0.3 is 0 Å². The smallest absolute Gasteiger partial charge is 0.258 e. The molecule has 2 rings (SSSR count). The maximum Gasteiger partial charge on any atom is 0.258 e. The monoisotopic (exact) mass is 247 g/mol. The number of hydrogen-bond acceptors (Lipinski definition) is 3. The summed E-state index contributed by atoms with van der Waals surface area (Å²) in [5, 5.41) is 0.400. The molecule has 0 aromatic heterocycles. The van der Waals surface area contributed by atoms with Gasteiger partial charge in [-0.2, -0.15) is 0 Å². The van der Waals surface area contributed by atoms with Crippen LogP contribution in [0.2, 0.25) is 0 Å². The maximum absolute atomic E-state index is 11.6. The molecular formula is C13H13NO2S. The van der Waals surface area contributed by atoms with Crippen LogP contribution in [-0.4, -0.2) is 17.1 Å². The summed E-state index contributed by atoms with van der Waals surface area (Å²) in [6.45, 7) is 4.15. The van der Waals surface area contributed by atoms with Crippen LogP contribution < -0.4 is 4.90 Å². The highest BCUT2D eigenvalue weighted by atomic mass is 32.2. The maximum atomic E-state index is 11.6. The van der Waals surface area contributed by atoms with E-state index in [1.165, 1.54) is 17.1 Å². The van der Waals surface area contributed by atoms with E-state index in [2.05, 4.69) is 13.8 Å². The summed E-state index contributed by atoms with van der Waals surface area (Å²) in [4.78, 5) is 25.4. The van der Waals surface area contributed by atoms with Gasteiger partial charge in [0.25, 0.3) is 11.8 Å². The molecule has 88 valence electrons. The number of benzene rings is 1. The second kappa shape index (κ2) is 4.75. The first kappa shape index (κ1) is 11.9. The third-order valence-corrected chi connectivity index (χ3v) is 3.35. The summed E-state index contributed by atoms with van der Waals surface area (Å²) in [5.41, 5.74) is 0.672. The highest BCUT2D eigenvalue weighted by Crippen LogP contribution is 2.33.